The van der Waals surface area contributed by atoms with Crippen LogP contribution in [0.5, 0.6) is 0 Å². The zero-order chi connectivity index (χ0) is 23.1. The summed E-state index contributed by atoms with van der Waals surface area (Å²) in [6.45, 7) is 1.37. The van der Waals surface area contributed by atoms with Gasteiger partial charge in [0, 0.05) is 30.7 Å². The molecule has 3 N–H and O–H groups in total. The predicted octanol–water partition coefficient (Wildman–Crippen LogP) is 2.82. The molecule has 0 radical (unpaired) electrons. The zero-order valence-electron chi connectivity index (χ0n) is 18.8. The molecule has 2 aliphatic rings. The summed E-state index contributed by atoms with van der Waals surface area (Å²) >= 11 is 0. The third-order valence-electron chi connectivity index (χ3n) is 7.66. The maximum absolute atomic E-state index is 13.3. The molecule has 2 fully saturated rings. The van der Waals surface area contributed by atoms with Crippen LogP contribution >= 0.6 is 0 Å². The maximum atomic E-state index is 13.3. The first-order valence-electron chi connectivity index (χ1n) is 11.8. The Bertz CT molecular complexity index is 1370. The summed E-state index contributed by atoms with van der Waals surface area (Å²) in [4.78, 5) is 32.6. The highest BCUT2D eigenvalue weighted by Gasteiger charge is 2.44. The van der Waals surface area contributed by atoms with Crippen molar-refractivity contribution in [2.45, 2.75) is 44.6 Å². The number of piperidine rings is 1. The molecule has 0 bridgehead atoms. The van der Waals surface area contributed by atoms with Gasteiger partial charge in [-0.3, -0.25) is 14.7 Å². The van der Waals surface area contributed by atoms with Gasteiger partial charge in [-0.1, -0.05) is 18.9 Å². The number of benzene rings is 1. The molecule has 174 valence electrons. The molecule has 3 aromatic heterocycles. The Hall–Kier alpha value is -3.82. The average molecular weight is 459 g/mol. The first-order chi connectivity index (χ1) is 16.6. The van der Waals surface area contributed by atoms with Crippen LogP contribution < -0.4 is 5.32 Å². The Morgan fingerprint density at radius 3 is 2.85 bits per heavy atom. The number of carbonyl (C=O) groups is 2. The normalized spacial score (nSPS) is 20.1. The average Bonchev–Trinajstić information content (AvgIpc) is 3.54. The molecule has 1 atom stereocenters. The van der Waals surface area contributed by atoms with Crippen molar-refractivity contribution in [2.75, 3.05) is 13.1 Å². The number of H-pyrrole nitrogens is 2. The molecule has 10 heteroatoms. The number of aromatic nitrogens is 6. The van der Waals surface area contributed by atoms with E-state index in [0.29, 0.717) is 35.4 Å². The van der Waals surface area contributed by atoms with Gasteiger partial charge in [0.1, 0.15) is 5.52 Å². The molecule has 2 amide bonds. The number of rotatable bonds is 3. The van der Waals surface area contributed by atoms with Crippen LogP contribution in [0.4, 0.5) is 0 Å². The van der Waals surface area contributed by atoms with Crippen LogP contribution in [0.2, 0.25) is 0 Å². The van der Waals surface area contributed by atoms with Crippen LogP contribution in [0.25, 0.3) is 22.1 Å². The van der Waals surface area contributed by atoms with Crippen molar-refractivity contribution in [2.24, 2.45) is 5.41 Å². The monoisotopic (exact) mass is 458 g/mol. The summed E-state index contributed by atoms with van der Waals surface area (Å²) < 4.78 is 0. The van der Waals surface area contributed by atoms with Gasteiger partial charge in [-0.2, -0.15) is 15.4 Å². The topological polar surface area (TPSA) is 133 Å². The van der Waals surface area contributed by atoms with Gasteiger partial charge >= 0.3 is 0 Å². The fourth-order valence-corrected chi connectivity index (χ4v) is 5.72. The van der Waals surface area contributed by atoms with Crippen molar-refractivity contribution >= 4 is 33.9 Å². The smallest absolute Gasteiger partial charge is 0.254 e. The highest BCUT2D eigenvalue weighted by Crippen LogP contribution is 2.45. The van der Waals surface area contributed by atoms with Crippen molar-refractivity contribution in [1.82, 2.24) is 40.8 Å². The van der Waals surface area contributed by atoms with Gasteiger partial charge < -0.3 is 10.2 Å². The highest BCUT2D eigenvalue weighted by atomic mass is 16.2. The van der Waals surface area contributed by atoms with E-state index in [-0.39, 0.29) is 23.3 Å². The molecule has 34 heavy (non-hydrogen) atoms. The van der Waals surface area contributed by atoms with Crippen molar-refractivity contribution in [1.29, 1.82) is 0 Å². The number of hydrogen-bond donors (Lipinski definition) is 3. The molecule has 1 saturated heterocycles. The van der Waals surface area contributed by atoms with E-state index in [2.05, 4.69) is 35.9 Å². The first-order valence-corrected chi connectivity index (χ1v) is 11.8. The number of nitrogens with zero attached hydrogens (tertiary/aromatic N) is 5. The minimum absolute atomic E-state index is 0.0117. The van der Waals surface area contributed by atoms with E-state index in [4.69, 9.17) is 0 Å². The van der Waals surface area contributed by atoms with Gasteiger partial charge in [-0.25, -0.2) is 4.98 Å². The van der Waals surface area contributed by atoms with Crippen LogP contribution in [-0.2, 0) is 0 Å². The van der Waals surface area contributed by atoms with Crippen LogP contribution in [0, 0.1) is 5.41 Å². The summed E-state index contributed by atoms with van der Waals surface area (Å²) in [6.07, 6.45) is 9.29. The van der Waals surface area contributed by atoms with Crippen LogP contribution in [0.1, 0.15) is 59.2 Å². The van der Waals surface area contributed by atoms with E-state index < -0.39 is 0 Å². The van der Waals surface area contributed by atoms with Gasteiger partial charge in [-0.15, -0.1) is 5.10 Å². The molecule has 1 aromatic carbocycles. The Morgan fingerprint density at radius 1 is 1.09 bits per heavy atom. The minimum atomic E-state index is -0.131. The zero-order valence-corrected chi connectivity index (χ0v) is 18.8. The summed E-state index contributed by atoms with van der Waals surface area (Å²) in [5.74, 6) is -0.0842. The van der Waals surface area contributed by atoms with E-state index in [1.165, 1.54) is 0 Å². The standard InChI is InChI=1S/C24H26N8O2/c33-22(15-12-19-21(25-13-15)30-31-29-19)27-20-6-1-2-7-24(20)8-10-32(11-9-24)23(34)16-4-3-5-18-17(16)14-26-28-18/h3-5,12-14,20H,1-2,6-11H2,(H,26,28)(H,27,33)(H,25,29,30,31). The number of likely N-dealkylation sites (tertiary alicyclic amines) is 1. The molecule has 1 spiro atoms. The largest absolute Gasteiger partial charge is 0.349 e. The third-order valence-corrected chi connectivity index (χ3v) is 7.66. The number of amides is 2. The number of nitrogens with one attached hydrogen (secondary N) is 3. The maximum Gasteiger partial charge on any atom is 0.254 e. The summed E-state index contributed by atoms with van der Waals surface area (Å²) in [5.41, 5.74) is 3.12. The Kier molecular flexibility index (Phi) is 5.00. The fourth-order valence-electron chi connectivity index (χ4n) is 5.72. The van der Waals surface area contributed by atoms with Crippen molar-refractivity contribution in [3.63, 3.8) is 0 Å². The molecule has 10 nitrogen and oxygen atoms in total. The van der Waals surface area contributed by atoms with Gasteiger partial charge in [0.25, 0.3) is 11.8 Å². The van der Waals surface area contributed by atoms with E-state index in [0.717, 1.165) is 49.4 Å². The molecular weight excluding hydrogens is 432 g/mol. The van der Waals surface area contributed by atoms with Crippen molar-refractivity contribution < 1.29 is 9.59 Å². The van der Waals surface area contributed by atoms with Crippen molar-refractivity contribution in [3.8, 4) is 0 Å². The molecular formula is C24H26N8O2. The predicted molar refractivity (Wildman–Crippen MR) is 125 cm³/mol. The Balaban J connectivity index is 1.17. The molecule has 1 aliphatic carbocycles. The number of carbonyl (C=O) groups excluding carboxylic acids is 2. The van der Waals surface area contributed by atoms with Gasteiger partial charge in [0.05, 0.1) is 22.8 Å². The molecule has 1 aliphatic heterocycles. The van der Waals surface area contributed by atoms with E-state index in [1.54, 1.807) is 18.5 Å². The second kappa shape index (κ2) is 8.19. The second-order valence-corrected chi connectivity index (χ2v) is 9.45. The summed E-state index contributed by atoms with van der Waals surface area (Å²) in [7, 11) is 0. The van der Waals surface area contributed by atoms with Crippen LogP contribution in [0.15, 0.2) is 36.7 Å². The summed E-state index contributed by atoms with van der Waals surface area (Å²) in [5, 5.41) is 21.7. The van der Waals surface area contributed by atoms with Crippen molar-refractivity contribution in [3.05, 3.63) is 47.8 Å². The second-order valence-electron chi connectivity index (χ2n) is 9.45. The fraction of sp³-hybridized carbons (Fsp3) is 0.417. The quantitative estimate of drug-likeness (QED) is 0.432. The van der Waals surface area contributed by atoms with Gasteiger partial charge in [0.15, 0.2) is 0 Å². The molecule has 1 saturated carbocycles. The molecule has 4 aromatic rings. The minimum Gasteiger partial charge on any atom is -0.349 e. The lowest BCUT2D eigenvalue weighted by Gasteiger charge is -2.49. The van der Waals surface area contributed by atoms with E-state index in [9.17, 15) is 9.59 Å². The highest BCUT2D eigenvalue weighted by molar-refractivity contribution is 6.06. The van der Waals surface area contributed by atoms with Gasteiger partial charge in [0.2, 0.25) is 5.65 Å². The number of hydrogen-bond acceptors (Lipinski definition) is 6. The SMILES string of the molecule is O=C(NC1CCCCC12CCN(C(=O)c1cccc3[nH]ncc13)CC2)c1cnc2n[nH]nc2c1. The van der Waals surface area contributed by atoms with Gasteiger partial charge in [-0.05, 0) is 49.3 Å². The lowest BCUT2D eigenvalue weighted by Crippen LogP contribution is -2.55. The van der Waals surface area contributed by atoms with Crippen LogP contribution in [-0.4, -0.2) is 66.4 Å². The molecule has 6 rings (SSSR count). The molecule has 4 heterocycles. The number of aromatic amines is 2. The number of fused-ring (bicyclic) bond motifs is 2. The summed E-state index contributed by atoms with van der Waals surface area (Å²) in [6, 6.07) is 7.48. The van der Waals surface area contributed by atoms with Crippen LogP contribution in [0.3, 0.4) is 0 Å². The van der Waals surface area contributed by atoms with E-state index >= 15 is 0 Å². The first kappa shape index (κ1) is 20.8. The lowest BCUT2D eigenvalue weighted by atomic mass is 9.64. The third kappa shape index (κ3) is 3.49. The Labute approximate surface area is 195 Å². The van der Waals surface area contributed by atoms with E-state index in [1.807, 2.05) is 23.1 Å². The molecule has 1 unspecified atom stereocenters. The number of pyridine rings is 1. The Morgan fingerprint density at radius 2 is 1.97 bits per heavy atom. The lowest BCUT2D eigenvalue weighted by molar-refractivity contribution is 0.0286.